The maximum atomic E-state index is 10.4. The summed E-state index contributed by atoms with van der Waals surface area (Å²) in [4.78, 5) is 13.9. The maximum Gasteiger partial charge on any atom is 0.355 e. The number of allylic oxidation sites excluding steroid dienone is 1. The minimum Gasteiger partial charge on any atom is -0.476 e. The molecule has 0 spiro atoms. The maximum absolute atomic E-state index is 10.4. The lowest BCUT2D eigenvalue weighted by atomic mass is 10.3. The van der Waals surface area contributed by atoms with Gasteiger partial charge in [-0.2, -0.15) is 0 Å². The van der Waals surface area contributed by atoms with Crippen LogP contribution >= 0.6 is 11.6 Å². The summed E-state index contributed by atoms with van der Waals surface area (Å²) in [5, 5.41) is 8.71. The van der Waals surface area contributed by atoms with Gasteiger partial charge in [0.25, 0.3) is 0 Å². The summed E-state index contributed by atoms with van der Waals surface area (Å²) in [5.41, 5.74) is -0.0893. The Morgan fingerprint density at radius 1 is 1.73 bits per heavy atom. The van der Waals surface area contributed by atoms with E-state index < -0.39 is 5.97 Å². The molecule has 0 saturated carbocycles. The van der Waals surface area contributed by atoms with E-state index in [0.29, 0.717) is 6.42 Å². The first-order chi connectivity index (χ1) is 5.13. The van der Waals surface area contributed by atoms with Crippen molar-refractivity contribution in [3.8, 4) is 0 Å². The summed E-state index contributed by atoms with van der Waals surface area (Å²) in [6, 6.07) is 0. The first kappa shape index (κ1) is 10.2. The third kappa shape index (κ3) is 3.18. The highest BCUT2D eigenvalue weighted by Crippen LogP contribution is 2.05. The third-order valence-corrected chi connectivity index (χ3v) is 1.37. The molecule has 0 bridgehead atoms. The van der Waals surface area contributed by atoms with Crippen LogP contribution in [0.2, 0.25) is 0 Å². The van der Waals surface area contributed by atoms with Crippen molar-refractivity contribution in [3.05, 3.63) is 11.1 Å². The number of rotatable bonds is 3. The number of carbonyl (C=O) groups is 1. The lowest BCUT2D eigenvalue weighted by Gasteiger charge is -1.95. The molecule has 0 rings (SSSR count). The van der Waals surface area contributed by atoms with E-state index in [-0.39, 0.29) is 10.7 Å². The molecule has 0 aromatic heterocycles. The normalized spacial score (nSPS) is 13.4. The second-order valence-corrected chi connectivity index (χ2v) is 2.24. The lowest BCUT2D eigenvalue weighted by Crippen LogP contribution is -2.12. The fourth-order valence-electron chi connectivity index (χ4n) is 0.580. The van der Waals surface area contributed by atoms with Crippen LogP contribution in [0.1, 0.15) is 13.3 Å². The molecular weight excluding hydrogens is 166 g/mol. The van der Waals surface area contributed by atoms with Gasteiger partial charge in [-0.25, -0.2) is 4.79 Å². The molecule has 62 valence electrons. The van der Waals surface area contributed by atoms with E-state index in [1.165, 1.54) is 7.05 Å². The average Bonchev–Trinajstić information content (AvgIpc) is 1.88. The van der Waals surface area contributed by atoms with Crippen LogP contribution in [0.15, 0.2) is 16.1 Å². The van der Waals surface area contributed by atoms with Gasteiger partial charge in [-0.1, -0.05) is 24.6 Å². The summed E-state index contributed by atoms with van der Waals surface area (Å²) < 4.78 is 0. The van der Waals surface area contributed by atoms with Gasteiger partial charge in [0.2, 0.25) is 0 Å². The second-order valence-electron chi connectivity index (χ2n) is 1.84. The predicted octanol–water partition coefficient (Wildman–Crippen LogP) is 1.67. The van der Waals surface area contributed by atoms with Gasteiger partial charge in [0, 0.05) is 7.05 Å². The number of carboxylic acid groups (broad SMARTS) is 1. The summed E-state index contributed by atoms with van der Waals surface area (Å²) in [6.45, 7) is 1.87. The minimum atomic E-state index is -1.10. The van der Waals surface area contributed by atoms with Crippen LogP contribution in [-0.4, -0.2) is 23.8 Å². The van der Waals surface area contributed by atoms with E-state index in [1.807, 2.05) is 6.92 Å². The van der Waals surface area contributed by atoms with Crippen LogP contribution in [-0.2, 0) is 4.79 Å². The van der Waals surface area contributed by atoms with Crippen LogP contribution in [0.3, 0.4) is 0 Å². The number of halogens is 1. The average molecular weight is 176 g/mol. The molecule has 0 unspecified atom stereocenters. The number of aliphatic imine (C=N–C) groups is 1. The van der Waals surface area contributed by atoms with Crippen LogP contribution in [0, 0.1) is 0 Å². The summed E-state index contributed by atoms with van der Waals surface area (Å²) in [7, 11) is 1.40. The van der Waals surface area contributed by atoms with Gasteiger partial charge in [-0.05, 0) is 6.42 Å². The van der Waals surface area contributed by atoms with Gasteiger partial charge in [0.1, 0.15) is 0 Å². The summed E-state index contributed by atoms with van der Waals surface area (Å²) in [5.74, 6) is -1.10. The summed E-state index contributed by atoms with van der Waals surface area (Å²) in [6.07, 6.45) is 2.31. The van der Waals surface area contributed by atoms with E-state index >= 15 is 0 Å². The van der Waals surface area contributed by atoms with Gasteiger partial charge in [0.15, 0.2) is 5.71 Å². The third-order valence-electron chi connectivity index (χ3n) is 1.04. The topological polar surface area (TPSA) is 49.7 Å². The highest BCUT2D eigenvalue weighted by Gasteiger charge is 2.10. The molecule has 0 atom stereocenters. The van der Waals surface area contributed by atoms with Crippen LogP contribution in [0.5, 0.6) is 0 Å². The molecule has 0 aliphatic rings. The van der Waals surface area contributed by atoms with Crippen LogP contribution in [0.4, 0.5) is 0 Å². The van der Waals surface area contributed by atoms with E-state index in [4.69, 9.17) is 16.7 Å². The molecule has 0 heterocycles. The molecule has 0 aliphatic heterocycles. The highest BCUT2D eigenvalue weighted by atomic mass is 35.5. The molecule has 1 N–H and O–H groups in total. The van der Waals surface area contributed by atoms with Gasteiger partial charge in [-0.15, -0.1) is 0 Å². The van der Waals surface area contributed by atoms with Crippen molar-refractivity contribution in [3.63, 3.8) is 0 Å². The quantitative estimate of drug-likeness (QED) is 0.664. The van der Waals surface area contributed by atoms with Crippen molar-refractivity contribution in [2.45, 2.75) is 13.3 Å². The smallest absolute Gasteiger partial charge is 0.355 e. The Bertz CT molecular complexity index is 208. The monoisotopic (exact) mass is 175 g/mol. The van der Waals surface area contributed by atoms with E-state index in [9.17, 15) is 4.79 Å². The van der Waals surface area contributed by atoms with Gasteiger partial charge < -0.3 is 5.11 Å². The Kier molecular flexibility index (Phi) is 4.54. The van der Waals surface area contributed by atoms with Crippen molar-refractivity contribution < 1.29 is 9.90 Å². The minimum absolute atomic E-state index is 0.0893. The van der Waals surface area contributed by atoms with E-state index in [2.05, 4.69) is 4.99 Å². The molecule has 4 heteroatoms. The highest BCUT2D eigenvalue weighted by molar-refractivity contribution is 6.57. The van der Waals surface area contributed by atoms with Crippen molar-refractivity contribution in [1.29, 1.82) is 0 Å². The van der Waals surface area contributed by atoms with Crippen molar-refractivity contribution >= 4 is 23.3 Å². The lowest BCUT2D eigenvalue weighted by molar-refractivity contribution is -0.129. The standard InChI is InChI=1S/C7H10ClNO2/c1-3-4-5(8)6(9-2)7(10)11/h4H,3H2,1-2H3,(H,10,11)/b5-4+,9-6?. The van der Waals surface area contributed by atoms with Crippen molar-refractivity contribution in [1.82, 2.24) is 0 Å². The van der Waals surface area contributed by atoms with Gasteiger partial charge >= 0.3 is 5.97 Å². The second kappa shape index (κ2) is 4.91. The Balaban J connectivity index is 4.54. The largest absolute Gasteiger partial charge is 0.476 e. The molecule has 11 heavy (non-hydrogen) atoms. The molecular formula is C7H10ClNO2. The molecule has 0 aromatic carbocycles. The molecule has 0 aromatic rings. The van der Waals surface area contributed by atoms with E-state index in [0.717, 1.165) is 0 Å². The zero-order chi connectivity index (χ0) is 8.85. The summed E-state index contributed by atoms with van der Waals surface area (Å²) >= 11 is 5.59. The van der Waals surface area contributed by atoms with Crippen molar-refractivity contribution in [2.75, 3.05) is 7.05 Å². The first-order valence-electron chi connectivity index (χ1n) is 3.19. The van der Waals surface area contributed by atoms with Gasteiger partial charge in [0.05, 0.1) is 5.03 Å². The van der Waals surface area contributed by atoms with Crippen molar-refractivity contribution in [2.24, 2.45) is 4.99 Å². The Hall–Kier alpha value is -0.830. The Morgan fingerprint density at radius 2 is 2.27 bits per heavy atom. The van der Waals surface area contributed by atoms with Crippen LogP contribution < -0.4 is 0 Å². The molecule has 0 aliphatic carbocycles. The number of hydrogen-bond acceptors (Lipinski definition) is 2. The zero-order valence-electron chi connectivity index (χ0n) is 6.47. The molecule has 0 radical (unpaired) electrons. The molecule has 0 saturated heterocycles. The molecule has 0 amide bonds. The zero-order valence-corrected chi connectivity index (χ0v) is 7.22. The molecule has 3 nitrogen and oxygen atoms in total. The molecule has 0 fully saturated rings. The van der Waals surface area contributed by atoms with E-state index in [1.54, 1.807) is 6.08 Å². The predicted molar refractivity (Wildman–Crippen MR) is 45.2 cm³/mol. The number of carboxylic acids is 1. The van der Waals surface area contributed by atoms with Gasteiger partial charge in [-0.3, -0.25) is 4.99 Å². The number of nitrogens with zero attached hydrogens (tertiary/aromatic N) is 1. The SMILES string of the molecule is CC/C=C(/Cl)C(=NC)C(=O)O. The Labute approximate surface area is 70.4 Å². The van der Waals surface area contributed by atoms with Crippen LogP contribution in [0.25, 0.3) is 0 Å². The first-order valence-corrected chi connectivity index (χ1v) is 3.57. The number of hydrogen-bond donors (Lipinski definition) is 1. The number of aliphatic carboxylic acids is 1. The fourth-order valence-corrected chi connectivity index (χ4v) is 0.900. The Morgan fingerprint density at radius 3 is 2.55 bits per heavy atom. The fraction of sp³-hybridized carbons (Fsp3) is 0.429.